The van der Waals surface area contributed by atoms with Gasteiger partial charge in [-0.1, -0.05) is 13.8 Å². The van der Waals surface area contributed by atoms with E-state index in [9.17, 15) is 18.4 Å². The zero-order chi connectivity index (χ0) is 12.7. The second-order valence-corrected chi connectivity index (χ2v) is 4.14. The molecule has 2 N–H and O–H groups in total. The summed E-state index contributed by atoms with van der Waals surface area (Å²) in [4.78, 5) is 21.1. The Hall–Kier alpha value is -1.20. The van der Waals surface area contributed by atoms with Gasteiger partial charge in [-0.15, -0.1) is 0 Å². The van der Waals surface area contributed by atoms with E-state index in [2.05, 4.69) is 0 Å². The Balaban J connectivity index is 4.10. The predicted molar refractivity (Wildman–Crippen MR) is 54.2 cm³/mol. The number of amides is 1. The second-order valence-electron chi connectivity index (χ2n) is 4.14. The van der Waals surface area contributed by atoms with Crippen LogP contribution in [0.15, 0.2) is 0 Å². The van der Waals surface area contributed by atoms with Crippen molar-refractivity contribution in [1.29, 1.82) is 0 Å². The third kappa shape index (κ3) is 7.14. The Labute approximate surface area is 93.0 Å². The first kappa shape index (κ1) is 14.8. The summed E-state index contributed by atoms with van der Waals surface area (Å²) in [5.74, 6) is -2.39. The Bertz CT molecular complexity index is 244. The lowest BCUT2D eigenvalue weighted by molar-refractivity contribution is -0.139. The van der Waals surface area contributed by atoms with E-state index in [0.29, 0.717) is 6.42 Å². The Morgan fingerprint density at radius 1 is 1.31 bits per heavy atom. The minimum atomic E-state index is -3.05. The number of carbonyl (C=O) groups is 2. The van der Waals surface area contributed by atoms with Crippen LogP contribution in [-0.2, 0) is 9.59 Å². The number of nitrogens with one attached hydrogen (secondary N) is 1. The first-order valence-corrected chi connectivity index (χ1v) is 5.10. The molecule has 0 aromatic heterocycles. The van der Waals surface area contributed by atoms with Crippen molar-refractivity contribution in [2.24, 2.45) is 11.8 Å². The molecule has 0 saturated carbocycles. The van der Waals surface area contributed by atoms with Gasteiger partial charge in [0.2, 0.25) is 0 Å². The molecule has 0 fully saturated rings. The van der Waals surface area contributed by atoms with Gasteiger partial charge < -0.3 is 10.4 Å². The highest BCUT2D eigenvalue weighted by molar-refractivity contribution is 5.79. The summed E-state index contributed by atoms with van der Waals surface area (Å²) in [7, 11) is 0. The molecule has 0 bridgehead atoms. The van der Waals surface area contributed by atoms with E-state index >= 15 is 0 Å². The average molecular weight is 237 g/mol. The number of carboxylic acid groups (broad SMARTS) is 1. The standard InChI is InChI=1S/C10H17F2NO3/c1-6(2)3-7(4-8(14)15)5-13-10(16)9(11)12/h6-7,9H,3-5H2,1-2H3,(H,13,16)(H,14,15)/t7-/m0/s1. The molecule has 16 heavy (non-hydrogen) atoms. The van der Waals surface area contributed by atoms with Gasteiger partial charge >= 0.3 is 12.4 Å². The van der Waals surface area contributed by atoms with Crippen LogP contribution in [0.1, 0.15) is 26.7 Å². The van der Waals surface area contributed by atoms with Crippen molar-refractivity contribution in [3.05, 3.63) is 0 Å². The maximum atomic E-state index is 11.9. The van der Waals surface area contributed by atoms with E-state index in [1.165, 1.54) is 0 Å². The molecule has 0 aromatic carbocycles. The molecule has 0 aliphatic rings. The zero-order valence-electron chi connectivity index (χ0n) is 9.37. The van der Waals surface area contributed by atoms with Gasteiger partial charge in [0.25, 0.3) is 5.91 Å². The highest BCUT2D eigenvalue weighted by Crippen LogP contribution is 2.14. The normalized spacial score (nSPS) is 12.9. The smallest absolute Gasteiger partial charge is 0.315 e. The first-order chi connectivity index (χ1) is 7.32. The van der Waals surface area contributed by atoms with Crippen LogP contribution in [0, 0.1) is 11.8 Å². The molecule has 1 amide bonds. The summed E-state index contributed by atoms with van der Waals surface area (Å²) in [6, 6.07) is 0. The fourth-order valence-corrected chi connectivity index (χ4v) is 1.47. The van der Waals surface area contributed by atoms with Gasteiger partial charge in [-0.2, -0.15) is 8.78 Å². The Morgan fingerprint density at radius 2 is 1.88 bits per heavy atom. The van der Waals surface area contributed by atoms with E-state index < -0.39 is 18.3 Å². The molecule has 0 spiro atoms. The molecular formula is C10H17F2NO3. The fourth-order valence-electron chi connectivity index (χ4n) is 1.47. The molecule has 94 valence electrons. The minimum absolute atomic E-state index is 0.0202. The van der Waals surface area contributed by atoms with Crippen LogP contribution in [0.3, 0.4) is 0 Å². The van der Waals surface area contributed by atoms with Crippen LogP contribution in [0.2, 0.25) is 0 Å². The van der Waals surface area contributed by atoms with E-state index in [1.54, 1.807) is 0 Å². The van der Waals surface area contributed by atoms with Gasteiger partial charge in [-0.3, -0.25) is 9.59 Å². The predicted octanol–water partition coefficient (Wildman–Crippen LogP) is 1.50. The number of carbonyl (C=O) groups excluding carboxylic acids is 1. The van der Waals surface area contributed by atoms with Gasteiger partial charge in [0.15, 0.2) is 0 Å². The molecule has 0 aliphatic carbocycles. The summed E-state index contributed by atoms with van der Waals surface area (Å²) in [5, 5.41) is 10.7. The lowest BCUT2D eigenvalue weighted by atomic mass is 9.94. The number of alkyl halides is 2. The molecule has 0 radical (unpaired) electrons. The highest BCUT2D eigenvalue weighted by atomic mass is 19.3. The fraction of sp³-hybridized carbons (Fsp3) is 0.800. The summed E-state index contributed by atoms with van der Waals surface area (Å²) < 4.78 is 23.8. The third-order valence-corrected chi connectivity index (χ3v) is 2.03. The van der Waals surface area contributed by atoms with Crippen molar-refractivity contribution in [2.45, 2.75) is 33.1 Å². The number of halogens is 2. The number of rotatable bonds is 7. The van der Waals surface area contributed by atoms with Crippen molar-refractivity contribution in [3.63, 3.8) is 0 Å². The van der Waals surface area contributed by atoms with Crippen LogP contribution in [-0.4, -0.2) is 30.0 Å². The highest BCUT2D eigenvalue weighted by Gasteiger charge is 2.19. The lowest BCUT2D eigenvalue weighted by Crippen LogP contribution is -2.34. The molecule has 0 heterocycles. The van der Waals surface area contributed by atoms with E-state index in [4.69, 9.17) is 5.11 Å². The van der Waals surface area contributed by atoms with Crippen LogP contribution in [0.25, 0.3) is 0 Å². The maximum absolute atomic E-state index is 11.9. The largest absolute Gasteiger partial charge is 0.481 e. The van der Waals surface area contributed by atoms with Gasteiger partial charge in [-0.25, -0.2) is 0 Å². The van der Waals surface area contributed by atoms with Crippen molar-refractivity contribution < 1.29 is 23.5 Å². The SMILES string of the molecule is CC(C)C[C@H](CNC(=O)C(F)F)CC(=O)O. The molecule has 1 atom stereocenters. The van der Waals surface area contributed by atoms with Gasteiger partial charge in [-0.05, 0) is 18.3 Å². The second kappa shape index (κ2) is 7.14. The van der Waals surface area contributed by atoms with E-state index in [-0.39, 0.29) is 24.8 Å². The van der Waals surface area contributed by atoms with Crippen LogP contribution < -0.4 is 5.32 Å². The summed E-state index contributed by atoms with van der Waals surface area (Å²) >= 11 is 0. The summed E-state index contributed by atoms with van der Waals surface area (Å²) in [6.45, 7) is 3.79. The molecule has 0 unspecified atom stereocenters. The average Bonchev–Trinajstić information content (AvgIpc) is 2.11. The molecule has 0 saturated heterocycles. The quantitative estimate of drug-likeness (QED) is 0.705. The number of carboxylic acids is 1. The minimum Gasteiger partial charge on any atom is -0.481 e. The Kier molecular flexibility index (Phi) is 6.60. The van der Waals surface area contributed by atoms with Crippen molar-refractivity contribution in [2.75, 3.05) is 6.54 Å². The van der Waals surface area contributed by atoms with E-state index in [1.807, 2.05) is 19.2 Å². The summed E-state index contributed by atoms with van der Waals surface area (Å²) in [5.41, 5.74) is 0. The molecule has 0 aliphatic heterocycles. The molecular weight excluding hydrogens is 220 g/mol. The molecule has 6 heteroatoms. The topological polar surface area (TPSA) is 66.4 Å². The number of hydrogen-bond acceptors (Lipinski definition) is 2. The van der Waals surface area contributed by atoms with Gasteiger partial charge in [0.1, 0.15) is 0 Å². The van der Waals surface area contributed by atoms with Crippen LogP contribution in [0.5, 0.6) is 0 Å². The van der Waals surface area contributed by atoms with Crippen LogP contribution in [0.4, 0.5) is 8.78 Å². The molecule has 4 nitrogen and oxygen atoms in total. The van der Waals surface area contributed by atoms with Crippen molar-refractivity contribution in [3.8, 4) is 0 Å². The number of aliphatic carboxylic acids is 1. The first-order valence-electron chi connectivity index (χ1n) is 5.10. The monoisotopic (exact) mass is 237 g/mol. The van der Waals surface area contributed by atoms with Crippen molar-refractivity contribution in [1.82, 2.24) is 5.32 Å². The summed E-state index contributed by atoms with van der Waals surface area (Å²) in [6.07, 6.45) is -2.60. The maximum Gasteiger partial charge on any atom is 0.315 e. The lowest BCUT2D eigenvalue weighted by Gasteiger charge is -2.17. The molecule has 0 aromatic rings. The zero-order valence-corrected chi connectivity index (χ0v) is 9.37. The Morgan fingerprint density at radius 3 is 2.25 bits per heavy atom. The van der Waals surface area contributed by atoms with Crippen LogP contribution >= 0.6 is 0 Å². The number of hydrogen-bond donors (Lipinski definition) is 2. The molecule has 0 rings (SSSR count). The van der Waals surface area contributed by atoms with Crippen molar-refractivity contribution >= 4 is 11.9 Å². The third-order valence-electron chi connectivity index (χ3n) is 2.03. The van der Waals surface area contributed by atoms with E-state index in [0.717, 1.165) is 0 Å². The van der Waals surface area contributed by atoms with Gasteiger partial charge in [0.05, 0.1) is 0 Å². The van der Waals surface area contributed by atoms with Gasteiger partial charge in [0, 0.05) is 13.0 Å².